The van der Waals surface area contributed by atoms with Crippen molar-refractivity contribution in [2.75, 3.05) is 9.44 Å². The summed E-state index contributed by atoms with van der Waals surface area (Å²) in [6.07, 6.45) is 0. The fraction of sp³-hybridized carbons (Fsp3) is 0. The molecule has 0 fully saturated rings. The fourth-order valence-corrected chi connectivity index (χ4v) is 6.62. The molecule has 0 aromatic heterocycles. The molecule has 170 valence electrons. The van der Waals surface area contributed by atoms with E-state index in [2.05, 4.69) is 9.44 Å². The molecular weight excluding hydrogens is 663 g/mol. The van der Waals surface area contributed by atoms with E-state index in [1.165, 1.54) is 0 Å². The van der Waals surface area contributed by atoms with Crippen molar-refractivity contribution < 1.29 is 0 Å². The third kappa shape index (κ3) is 5.80. The second-order valence-electron chi connectivity index (χ2n) is 5.78. The maximum absolute atomic E-state index is 6.24. The maximum Gasteiger partial charge on any atom is 0.0809 e. The third-order valence-electron chi connectivity index (χ3n) is 3.77. The highest BCUT2D eigenvalue weighted by Crippen LogP contribution is 2.49. The Hall–Kier alpha value is 0.860. The van der Waals surface area contributed by atoms with Crippen LogP contribution in [0.1, 0.15) is 0 Å². The molecule has 0 aliphatic carbocycles. The monoisotopic (exact) mass is 664 g/mol. The minimum Gasteiger partial charge on any atom is -0.326 e. The van der Waals surface area contributed by atoms with E-state index in [-0.39, 0.29) is 50.2 Å². The van der Waals surface area contributed by atoms with Crippen molar-refractivity contribution in [1.82, 2.24) is 0 Å². The van der Waals surface area contributed by atoms with Gasteiger partial charge in [-0.25, -0.2) is 0 Å². The van der Waals surface area contributed by atoms with Crippen molar-refractivity contribution in [2.45, 2.75) is 9.79 Å². The highest BCUT2D eigenvalue weighted by molar-refractivity contribution is 8.01. The van der Waals surface area contributed by atoms with Crippen LogP contribution < -0.4 is 9.44 Å². The first-order valence-corrected chi connectivity index (χ1v) is 13.4. The summed E-state index contributed by atoms with van der Waals surface area (Å²) in [5.41, 5.74) is 1.52. The molecule has 2 nitrogen and oxygen atoms in total. The van der Waals surface area contributed by atoms with Gasteiger partial charge in [-0.1, -0.05) is 116 Å². The van der Waals surface area contributed by atoms with Crippen molar-refractivity contribution in [3.63, 3.8) is 0 Å². The van der Waals surface area contributed by atoms with E-state index in [4.69, 9.17) is 116 Å². The quantitative estimate of drug-likeness (QED) is 0.155. The standard InChI is InChI=1S/C18H6Cl10N2S2/c19-7-9(21)13(25)17(14(26)10(7)22)31-29-5-1-2-6(4-3-5)30-32-18-15(27)11(23)8(20)12(24)16(18)28/h1-4,29-30H. The molecule has 0 bridgehead atoms. The van der Waals surface area contributed by atoms with Gasteiger partial charge in [-0.2, -0.15) is 0 Å². The van der Waals surface area contributed by atoms with Crippen LogP contribution in [0.25, 0.3) is 0 Å². The Labute approximate surface area is 242 Å². The number of hydrogen-bond donors (Lipinski definition) is 2. The molecule has 0 heterocycles. The van der Waals surface area contributed by atoms with Gasteiger partial charge in [-0.3, -0.25) is 0 Å². The summed E-state index contributed by atoms with van der Waals surface area (Å²) in [6, 6.07) is 7.29. The lowest BCUT2D eigenvalue weighted by Gasteiger charge is -2.14. The zero-order valence-corrected chi connectivity index (χ0v) is 24.1. The molecular formula is C18H6Cl10N2S2. The number of hydrogen-bond acceptors (Lipinski definition) is 4. The average molecular weight is 669 g/mol. The van der Waals surface area contributed by atoms with Gasteiger partial charge in [0.1, 0.15) is 0 Å². The Kier molecular flexibility index (Phi) is 10.1. The predicted octanol–water partition coefficient (Wildman–Crippen LogP) is 12.5. The summed E-state index contributed by atoms with van der Waals surface area (Å²) in [5.74, 6) is 0. The van der Waals surface area contributed by atoms with E-state index in [1.807, 2.05) is 24.3 Å². The van der Waals surface area contributed by atoms with Gasteiger partial charge in [0.15, 0.2) is 0 Å². The summed E-state index contributed by atoms with van der Waals surface area (Å²) in [7, 11) is 0. The Morgan fingerprint density at radius 3 is 0.844 bits per heavy atom. The van der Waals surface area contributed by atoms with Crippen LogP contribution in [0.2, 0.25) is 50.2 Å². The van der Waals surface area contributed by atoms with Crippen LogP contribution >= 0.6 is 140 Å². The highest BCUT2D eigenvalue weighted by Gasteiger charge is 2.21. The van der Waals surface area contributed by atoms with Gasteiger partial charge >= 0.3 is 0 Å². The normalized spacial score (nSPS) is 11.1. The zero-order valence-electron chi connectivity index (χ0n) is 14.9. The van der Waals surface area contributed by atoms with Gasteiger partial charge in [0, 0.05) is 11.4 Å². The van der Waals surface area contributed by atoms with Crippen LogP contribution in [-0.2, 0) is 0 Å². The van der Waals surface area contributed by atoms with E-state index in [0.29, 0.717) is 9.79 Å². The second-order valence-corrected chi connectivity index (χ2v) is 11.2. The fourth-order valence-electron chi connectivity index (χ4n) is 2.17. The molecule has 0 atom stereocenters. The van der Waals surface area contributed by atoms with E-state index in [9.17, 15) is 0 Å². The third-order valence-corrected chi connectivity index (χ3v) is 10.7. The molecule has 2 N–H and O–H groups in total. The minimum atomic E-state index is 0.101. The van der Waals surface area contributed by atoms with Crippen molar-refractivity contribution in [2.24, 2.45) is 0 Å². The zero-order chi connectivity index (χ0) is 23.7. The van der Waals surface area contributed by atoms with Gasteiger partial charge < -0.3 is 9.44 Å². The first-order valence-electron chi connectivity index (χ1n) is 8.03. The smallest absolute Gasteiger partial charge is 0.0809 e. The largest absolute Gasteiger partial charge is 0.326 e. The van der Waals surface area contributed by atoms with E-state index < -0.39 is 0 Å². The number of halogens is 10. The molecule has 0 radical (unpaired) electrons. The van der Waals surface area contributed by atoms with Gasteiger partial charge in [-0.15, -0.1) is 0 Å². The number of anilines is 2. The Morgan fingerprint density at radius 1 is 0.375 bits per heavy atom. The molecule has 3 aromatic carbocycles. The molecule has 0 spiro atoms. The number of rotatable bonds is 6. The van der Waals surface area contributed by atoms with E-state index in [0.717, 1.165) is 35.3 Å². The maximum atomic E-state index is 6.24. The van der Waals surface area contributed by atoms with Crippen molar-refractivity contribution >= 4 is 151 Å². The van der Waals surface area contributed by atoms with Crippen LogP contribution in [0.5, 0.6) is 0 Å². The van der Waals surface area contributed by atoms with Crippen LogP contribution in [0, 0.1) is 0 Å². The molecule has 0 amide bonds. The summed E-state index contributed by atoms with van der Waals surface area (Å²) in [4.78, 5) is 0.900. The number of nitrogens with one attached hydrogen (secondary N) is 2. The summed E-state index contributed by atoms with van der Waals surface area (Å²) >= 11 is 63.7. The second kappa shape index (κ2) is 11.7. The Bertz CT molecular complexity index is 1040. The summed E-state index contributed by atoms with van der Waals surface area (Å²) in [5, 5.41) is 1.52. The first kappa shape index (κ1) is 27.4. The van der Waals surface area contributed by atoms with Crippen LogP contribution in [0.4, 0.5) is 11.4 Å². The van der Waals surface area contributed by atoms with Crippen LogP contribution in [-0.4, -0.2) is 0 Å². The molecule has 0 aliphatic rings. The lowest BCUT2D eigenvalue weighted by Crippen LogP contribution is -1.92. The summed E-state index contributed by atoms with van der Waals surface area (Å²) < 4.78 is 6.24. The first-order chi connectivity index (χ1) is 15.0. The molecule has 3 aromatic rings. The average Bonchev–Trinajstić information content (AvgIpc) is 2.79. The number of benzene rings is 3. The SMILES string of the molecule is Clc1c(Cl)c(Cl)c(SNc2ccc(NSc3c(Cl)c(Cl)c(Cl)c(Cl)c3Cl)cc2)c(Cl)c1Cl. The van der Waals surface area contributed by atoms with Gasteiger partial charge in [0.05, 0.1) is 60.0 Å². The highest BCUT2D eigenvalue weighted by atomic mass is 35.5. The Balaban J connectivity index is 1.70. The topological polar surface area (TPSA) is 24.1 Å². The van der Waals surface area contributed by atoms with Gasteiger partial charge in [0.2, 0.25) is 0 Å². The molecule has 0 saturated heterocycles. The van der Waals surface area contributed by atoms with Crippen LogP contribution in [0.15, 0.2) is 34.1 Å². The van der Waals surface area contributed by atoms with Crippen molar-refractivity contribution in [1.29, 1.82) is 0 Å². The summed E-state index contributed by atoms with van der Waals surface area (Å²) in [6.45, 7) is 0. The van der Waals surface area contributed by atoms with E-state index >= 15 is 0 Å². The minimum absolute atomic E-state index is 0.101. The van der Waals surface area contributed by atoms with Crippen LogP contribution in [0.3, 0.4) is 0 Å². The molecule has 14 heteroatoms. The molecule has 3 rings (SSSR count). The van der Waals surface area contributed by atoms with Gasteiger partial charge in [0.25, 0.3) is 0 Å². The molecule has 0 aliphatic heterocycles. The van der Waals surface area contributed by atoms with Gasteiger partial charge in [-0.05, 0) is 48.2 Å². The molecule has 32 heavy (non-hydrogen) atoms. The lowest BCUT2D eigenvalue weighted by molar-refractivity contribution is 1.46. The van der Waals surface area contributed by atoms with Crippen molar-refractivity contribution in [3.8, 4) is 0 Å². The predicted molar refractivity (Wildman–Crippen MR) is 148 cm³/mol. The van der Waals surface area contributed by atoms with Crippen molar-refractivity contribution in [3.05, 3.63) is 74.5 Å². The molecule has 0 unspecified atom stereocenters. The Morgan fingerprint density at radius 2 is 0.594 bits per heavy atom. The molecule has 0 saturated carbocycles. The lowest BCUT2D eigenvalue weighted by atomic mass is 10.3. The van der Waals surface area contributed by atoms with E-state index in [1.54, 1.807) is 0 Å².